The summed E-state index contributed by atoms with van der Waals surface area (Å²) in [7, 11) is 0. The highest BCUT2D eigenvalue weighted by molar-refractivity contribution is 5.50. The maximum absolute atomic E-state index is 13.3. The fraction of sp³-hybridized carbons (Fsp3) is 0.368. The summed E-state index contributed by atoms with van der Waals surface area (Å²) in [4.78, 5) is 19.9. The second-order valence-corrected chi connectivity index (χ2v) is 7.10. The second-order valence-electron chi connectivity index (χ2n) is 7.10. The highest BCUT2D eigenvalue weighted by Crippen LogP contribution is 2.41. The largest absolute Gasteiger partial charge is 0.443 e. The third-order valence-corrected chi connectivity index (χ3v) is 4.84. The Hall–Kier alpha value is -3.05. The zero-order valence-electron chi connectivity index (χ0n) is 15.4. The van der Waals surface area contributed by atoms with Gasteiger partial charge in [0.15, 0.2) is 6.29 Å². The van der Waals surface area contributed by atoms with Crippen molar-refractivity contribution in [1.29, 1.82) is 0 Å². The molecule has 2 fully saturated rings. The molecule has 1 unspecified atom stereocenters. The van der Waals surface area contributed by atoms with Gasteiger partial charge < -0.3 is 9.47 Å². The van der Waals surface area contributed by atoms with Crippen LogP contribution in [0.4, 0.5) is 13.2 Å². The topological polar surface area (TPSA) is 95.6 Å². The van der Waals surface area contributed by atoms with Crippen LogP contribution in [-0.4, -0.2) is 26.0 Å². The number of benzene rings is 1. The molecule has 11 heteroatoms. The quantitative estimate of drug-likeness (QED) is 0.565. The lowest BCUT2D eigenvalue weighted by Gasteiger charge is -2.10. The number of hydrogen-bond donors (Lipinski definition) is 0. The zero-order chi connectivity index (χ0) is 20.9. The van der Waals surface area contributed by atoms with Gasteiger partial charge in [-0.3, -0.25) is 4.52 Å². The van der Waals surface area contributed by atoms with E-state index in [0.29, 0.717) is 0 Å². The summed E-state index contributed by atoms with van der Waals surface area (Å²) in [5, 5.41) is 3.60. The number of nitrogens with zero attached hydrogens (tertiary/aromatic N) is 4. The molecule has 30 heavy (non-hydrogen) atoms. The minimum Gasteiger partial charge on any atom is -0.336 e. The van der Waals surface area contributed by atoms with E-state index in [-0.39, 0.29) is 36.1 Å². The SMILES string of the molecule is O=c1onc(-c2cc(C(F)(F)F)nc(C3CC3)n2)n1CO[C@@H]1OC1c1ccccc1. The first-order valence-corrected chi connectivity index (χ1v) is 9.25. The fourth-order valence-electron chi connectivity index (χ4n) is 3.07. The number of aromatic nitrogens is 4. The van der Waals surface area contributed by atoms with Gasteiger partial charge in [-0.1, -0.05) is 35.5 Å². The lowest BCUT2D eigenvalue weighted by Crippen LogP contribution is -2.19. The van der Waals surface area contributed by atoms with Crippen LogP contribution in [0.25, 0.3) is 11.5 Å². The van der Waals surface area contributed by atoms with Gasteiger partial charge in [-0.25, -0.2) is 19.3 Å². The summed E-state index contributed by atoms with van der Waals surface area (Å²) in [5.74, 6) is -1.08. The third-order valence-electron chi connectivity index (χ3n) is 4.84. The first kappa shape index (κ1) is 18.9. The van der Waals surface area contributed by atoms with E-state index >= 15 is 0 Å². The smallest absolute Gasteiger partial charge is 0.336 e. The Balaban J connectivity index is 1.39. The molecule has 0 spiro atoms. The van der Waals surface area contributed by atoms with Crippen molar-refractivity contribution in [2.24, 2.45) is 0 Å². The van der Waals surface area contributed by atoms with E-state index in [1.54, 1.807) is 0 Å². The van der Waals surface area contributed by atoms with Gasteiger partial charge in [-0.2, -0.15) is 13.2 Å². The van der Waals surface area contributed by atoms with Crippen molar-refractivity contribution in [3.8, 4) is 11.5 Å². The number of epoxide rings is 1. The molecule has 2 atom stereocenters. The maximum Gasteiger partial charge on any atom is 0.443 e. The normalized spacial score (nSPS) is 21.0. The van der Waals surface area contributed by atoms with Crippen LogP contribution in [0.5, 0.6) is 0 Å². The first-order valence-electron chi connectivity index (χ1n) is 9.25. The molecule has 0 N–H and O–H groups in total. The minimum absolute atomic E-state index is 0.0809. The van der Waals surface area contributed by atoms with E-state index in [9.17, 15) is 18.0 Å². The van der Waals surface area contributed by atoms with Crippen molar-refractivity contribution < 1.29 is 27.2 Å². The fourth-order valence-corrected chi connectivity index (χ4v) is 3.07. The summed E-state index contributed by atoms with van der Waals surface area (Å²) < 4.78 is 56.5. The van der Waals surface area contributed by atoms with Crippen LogP contribution in [0.2, 0.25) is 0 Å². The Bertz CT molecular complexity index is 1120. The molecule has 2 aromatic heterocycles. The predicted molar refractivity (Wildman–Crippen MR) is 93.9 cm³/mol. The predicted octanol–water partition coefficient (Wildman–Crippen LogP) is 3.26. The molecule has 156 valence electrons. The van der Waals surface area contributed by atoms with Gasteiger partial charge in [0.05, 0.1) is 0 Å². The van der Waals surface area contributed by atoms with E-state index in [4.69, 9.17) is 9.47 Å². The molecular weight excluding hydrogens is 405 g/mol. The van der Waals surface area contributed by atoms with Gasteiger partial charge >= 0.3 is 11.9 Å². The van der Waals surface area contributed by atoms with Gasteiger partial charge in [0.25, 0.3) is 0 Å². The molecule has 2 aliphatic rings. The Morgan fingerprint density at radius 3 is 2.63 bits per heavy atom. The Morgan fingerprint density at radius 2 is 1.93 bits per heavy atom. The van der Waals surface area contributed by atoms with E-state index in [1.807, 2.05) is 30.3 Å². The maximum atomic E-state index is 13.3. The van der Waals surface area contributed by atoms with Crippen LogP contribution in [0.15, 0.2) is 45.7 Å². The van der Waals surface area contributed by atoms with Crippen LogP contribution >= 0.6 is 0 Å². The average Bonchev–Trinajstić information content (AvgIpc) is 3.65. The molecule has 0 amide bonds. The van der Waals surface area contributed by atoms with Gasteiger partial charge in [0, 0.05) is 5.92 Å². The van der Waals surface area contributed by atoms with Gasteiger partial charge in [-0.15, -0.1) is 0 Å². The van der Waals surface area contributed by atoms with E-state index in [1.165, 1.54) is 0 Å². The standard InChI is InChI=1S/C19H15F3N4O4/c20-19(21,22)13-8-12(23-15(24-13)11-6-7-11)16-25-30-18(27)26(16)9-28-17-14(29-17)10-4-2-1-3-5-10/h1-5,8,11,14,17H,6-7,9H2/t14?,17-/m1/s1. The summed E-state index contributed by atoms with van der Waals surface area (Å²) in [5.41, 5.74) is -0.322. The Labute approximate surface area is 167 Å². The monoisotopic (exact) mass is 420 g/mol. The number of halogens is 3. The number of hydrogen-bond acceptors (Lipinski definition) is 7. The van der Waals surface area contributed by atoms with Crippen molar-refractivity contribution >= 4 is 0 Å². The summed E-state index contributed by atoms with van der Waals surface area (Å²) in [6, 6.07) is 10.1. The molecule has 0 radical (unpaired) electrons. The zero-order valence-corrected chi connectivity index (χ0v) is 15.4. The highest BCUT2D eigenvalue weighted by atomic mass is 19.4. The van der Waals surface area contributed by atoms with Crippen molar-refractivity contribution in [3.63, 3.8) is 0 Å². The van der Waals surface area contributed by atoms with Gasteiger partial charge in [-0.05, 0) is 24.5 Å². The van der Waals surface area contributed by atoms with Crippen LogP contribution in [-0.2, 0) is 22.4 Å². The van der Waals surface area contributed by atoms with Crippen molar-refractivity contribution in [3.05, 3.63) is 64.0 Å². The molecule has 1 saturated carbocycles. The van der Waals surface area contributed by atoms with E-state index < -0.39 is 23.9 Å². The lowest BCUT2D eigenvalue weighted by molar-refractivity contribution is -0.141. The number of rotatable bonds is 6. The molecule has 5 rings (SSSR count). The molecule has 1 aromatic carbocycles. The molecular formula is C19H15F3N4O4. The van der Waals surface area contributed by atoms with Crippen molar-refractivity contribution in [2.45, 2.75) is 44.1 Å². The van der Waals surface area contributed by atoms with Crippen LogP contribution in [0, 0.1) is 0 Å². The molecule has 1 saturated heterocycles. The summed E-state index contributed by atoms with van der Waals surface area (Å²) in [6.45, 7) is -0.310. The number of alkyl halides is 3. The average molecular weight is 420 g/mol. The molecule has 8 nitrogen and oxygen atoms in total. The highest BCUT2D eigenvalue weighted by Gasteiger charge is 2.42. The molecule has 3 aromatic rings. The lowest BCUT2D eigenvalue weighted by atomic mass is 10.2. The minimum atomic E-state index is -4.66. The number of ether oxygens (including phenoxy) is 2. The van der Waals surface area contributed by atoms with Crippen LogP contribution in [0.3, 0.4) is 0 Å². The third kappa shape index (κ3) is 3.73. The summed E-state index contributed by atoms with van der Waals surface area (Å²) >= 11 is 0. The van der Waals surface area contributed by atoms with Gasteiger partial charge in [0.2, 0.25) is 5.82 Å². The molecule has 1 aliphatic carbocycles. The molecule has 0 bridgehead atoms. The molecule has 3 heterocycles. The van der Waals surface area contributed by atoms with Crippen LogP contribution < -0.4 is 5.76 Å². The summed E-state index contributed by atoms with van der Waals surface area (Å²) in [6.07, 6.45) is -4.08. The van der Waals surface area contributed by atoms with E-state index in [0.717, 1.165) is 29.0 Å². The van der Waals surface area contributed by atoms with Crippen molar-refractivity contribution in [2.75, 3.05) is 0 Å². The van der Waals surface area contributed by atoms with E-state index in [2.05, 4.69) is 19.6 Å². The van der Waals surface area contributed by atoms with Crippen molar-refractivity contribution in [1.82, 2.24) is 19.7 Å². The van der Waals surface area contributed by atoms with Crippen LogP contribution in [0.1, 0.15) is 41.9 Å². The van der Waals surface area contributed by atoms with Gasteiger partial charge in [0.1, 0.15) is 30.0 Å². The first-order chi connectivity index (χ1) is 14.4. The Kier molecular flexibility index (Phi) is 4.44. The molecule has 1 aliphatic heterocycles. The Morgan fingerprint density at radius 1 is 1.17 bits per heavy atom. The second kappa shape index (κ2) is 7.03.